The lowest BCUT2D eigenvalue weighted by Crippen LogP contribution is -2.23. The van der Waals surface area contributed by atoms with Crippen molar-refractivity contribution in [1.29, 1.82) is 0 Å². The molecule has 2 rings (SSSR count). The zero-order chi connectivity index (χ0) is 12.8. The average molecular weight is 262 g/mol. The van der Waals surface area contributed by atoms with E-state index in [1.54, 1.807) is 6.20 Å². The number of nitrogens with one attached hydrogen (secondary N) is 1. The average Bonchev–Trinajstić information content (AvgIpc) is 2.87. The summed E-state index contributed by atoms with van der Waals surface area (Å²) in [6.45, 7) is 5.18. The summed E-state index contributed by atoms with van der Waals surface area (Å²) in [5.74, 6) is 0. The fourth-order valence-electron chi connectivity index (χ4n) is 1.98. The maximum absolute atomic E-state index is 4.19. The maximum Gasteiger partial charge on any atom is 0.0801 e. The van der Waals surface area contributed by atoms with Gasteiger partial charge in [0.1, 0.15) is 0 Å². The normalized spacial score (nSPS) is 12.6. The molecule has 5 heteroatoms. The lowest BCUT2D eigenvalue weighted by molar-refractivity contribution is 0.552. The molecule has 1 atom stereocenters. The van der Waals surface area contributed by atoms with Crippen molar-refractivity contribution in [3.63, 3.8) is 0 Å². The smallest absolute Gasteiger partial charge is 0.0801 e. The van der Waals surface area contributed by atoms with Gasteiger partial charge in [0.25, 0.3) is 0 Å². The van der Waals surface area contributed by atoms with E-state index in [9.17, 15) is 0 Å². The van der Waals surface area contributed by atoms with Crippen LogP contribution < -0.4 is 5.32 Å². The SMILES string of the molecule is CCNC(Cc1cccnc1)c1snnc1CC. The van der Waals surface area contributed by atoms with E-state index in [1.807, 2.05) is 12.3 Å². The molecule has 4 nitrogen and oxygen atoms in total. The number of aryl methyl sites for hydroxylation is 1. The van der Waals surface area contributed by atoms with Crippen molar-refractivity contribution in [3.8, 4) is 0 Å². The van der Waals surface area contributed by atoms with Crippen LogP contribution in [0.5, 0.6) is 0 Å². The Morgan fingerprint density at radius 3 is 2.94 bits per heavy atom. The Labute approximate surface area is 112 Å². The van der Waals surface area contributed by atoms with E-state index < -0.39 is 0 Å². The topological polar surface area (TPSA) is 50.7 Å². The molecule has 0 bridgehead atoms. The van der Waals surface area contributed by atoms with E-state index in [0.717, 1.165) is 25.1 Å². The molecule has 2 aromatic rings. The Morgan fingerprint density at radius 2 is 2.28 bits per heavy atom. The highest BCUT2D eigenvalue weighted by atomic mass is 32.1. The molecule has 18 heavy (non-hydrogen) atoms. The molecule has 0 saturated heterocycles. The molecule has 2 aromatic heterocycles. The van der Waals surface area contributed by atoms with Crippen molar-refractivity contribution in [3.05, 3.63) is 40.7 Å². The lowest BCUT2D eigenvalue weighted by Gasteiger charge is -2.16. The monoisotopic (exact) mass is 262 g/mol. The lowest BCUT2D eigenvalue weighted by atomic mass is 10.0. The van der Waals surface area contributed by atoms with Crippen molar-refractivity contribution >= 4 is 11.5 Å². The fraction of sp³-hybridized carbons (Fsp3) is 0.462. The van der Waals surface area contributed by atoms with E-state index in [4.69, 9.17) is 0 Å². The number of rotatable bonds is 6. The van der Waals surface area contributed by atoms with Crippen LogP contribution in [0.15, 0.2) is 24.5 Å². The van der Waals surface area contributed by atoms with Gasteiger partial charge < -0.3 is 5.32 Å². The van der Waals surface area contributed by atoms with Crippen LogP contribution in [0, 0.1) is 0 Å². The van der Waals surface area contributed by atoms with Crippen molar-refractivity contribution in [1.82, 2.24) is 19.9 Å². The van der Waals surface area contributed by atoms with E-state index in [1.165, 1.54) is 22.0 Å². The summed E-state index contributed by atoms with van der Waals surface area (Å²) in [5.41, 5.74) is 2.34. The van der Waals surface area contributed by atoms with Gasteiger partial charge in [0.05, 0.1) is 10.6 Å². The Morgan fingerprint density at radius 1 is 1.39 bits per heavy atom. The Bertz CT molecular complexity index is 469. The molecular weight excluding hydrogens is 244 g/mol. The van der Waals surface area contributed by atoms with Crippen molar-refractivity contribution < 1.29 is 0 Å². The van der Waals surface area contributed by atoms with Gasteiger partial charge in [-0.2, -0.15) is 0 Å². The van der Waals surface area contributed by atoms with E-state index >= 15 is 0 Å². The van der Waals surface area contributed by atoms with Gasteiger partial charge in [-0.05, 0) is 42.5 Å². The second-order valence-electron chi connectivity index (χ2n) is 4.11. The number of aromatic nitrogens is 3. The quantitative estimate of drug-likeness (QED) is 0.868. The van der Waals surface area contributed by atoms with Crippen molar-refractivity contribution in [2.24, 2.45) is 0 Å². The second kappa shape index (κ2) is 6.56. The predicted octanol–water partition coefficient (Wildman–Crippen LogP) is 2.39. The zero-order valence-electron chi connectivity index (χ0n) is 10.8. The van der Waals surface area contributed by atoms with Gasteiger partial charge >= 0.3 is 0 Å². The summed E-state index contributed by atoms with van der Waals surface area (Å²) in [4.78, 5) is 5.42. The summed E-state index contributed by atoms with van der Waals surface area (Å²) in [6, 6.07) is 4.37. The van der Waals surface area contributed by atoms with Crippen LogP contribution in [0.1, 0.15) is 36.0 Å². The molecule has 0 aliphatic heterocycles. The molecule has 0 aliphatic carbocycles. The van der Waals surface area contributed by atoms with Gasteiger partial charge in [0.15, 0.2) is 0 Å². The first-order valence-electron chi connectivity index (χ1n) is 6.28. The molecule has 0 aromatic carbocycles. The summed E-state index contributed by atoms with van der Waals surface area (Å²) in [6.07, 6.45) is 5.58. The van der Waals surface area contributed by atoms with Crippen LogP contribution >= 0.6 is 11.5 Å². The molecule has 0 amide bonds. The van der Waals surface area contributed by atoms with E-state index in [-0.39, 0.29) is 6.04 Å². The van der Waals surface area contributed by atoms with Crippen LogP contribution in [0.25, 0.3) is 0 Å². The molecule has 0 aliphatic rings. The molecule has 0 fully saturated rings. The van der Waals surface area contributed by atoms with Gasteiger partial charge in [0.2, 0.25) is 0 Å². The Balaban J connectivity index is 2.18. The molecule has 2 heterocycles. The fourth-order valence-corrected chi connectivity index (χ4v) is 2.80. The Hall–Kier alpha value is -1.33. The van der Waals surface area contributed by atoms with Crippen LogP contribution in [-0.2, 0) is 12.8 Å². The first-order valence-corrected chi connectivity index (χ1v) is 7.05. The number of hydrogen-bond acceptors (Lipinski definition) is 5. The second-order valence-corrected chi connectivity index (χ2v) is 4.90. The van der Waals surface area contributed by atoms with Gasteiger partial charge in [-0.25, -0.2) is 0 Å². The molecule has 0 spiro atoms. The third-order valence-electron chi connectivity index (χ3n) is 2.85. The maximum atomic E-state index is 4.19. The summed E-state index contributed by atoms with van der Waals surface area (Å²) in [5, 5.41) is 7.70. The number of likely N-dealkylation sites (N-methyl/N-ethyl adjacent to an activating group) is 1. The molecule has 1 unspecified atom stereocenters. The third-order valence-corrected chi connectivity index (χ3v) is 3.73. The van der Waals surface area contributed by atoms with Crippen molar-refractivity contribution in [2.75, 3.05) is 6.54 Å². The predicted molar refractivity (Wildman–Crippen MR) is 73.6 cm³/mol. The highest BCUT2D eigenvalue weighted by molar-refractivity contribution is 7.05. The first-order chi connectivity index (χ1) is 8.85. The minimum Gasteiger partial charge on any atom is -0.309 e. The van der Waals surface area contributed by atoms with Crippen LogP contribution in [0.3, 0.4) is 0 Å². The number of pyridine rings is 1. The van der Waals surface area contributed by atoms with Gasteiger partial charge in [-0.1, -0.05) is 24.4 Å². The van der Waals surface area contributed by atoms with Crippen molar-refractivity contribution in [2.45, 2.75) is 32.7 Å². The molecule has 0 radical (unpaired) electrons. The zero-order valence-corrected chi connectivity index (χ0v) is 11.6. The highest BCUT2D eigenvalue weighted by Gasteiger charge is 2.18. The summed E-state index contributed by atoms with van der Waals surface area (Å²) in [7, 11) is 0. The van der Waals surface area contributed by atoms with Crippen LogP contribution in [0.4, 0.5) is 0 Å². The van der Waals surface area contributed by atoms with E-state index in [0.29, 0.717) is 0 Å². The minimum atomic E-state index is 0.286. The summed E-state index contributed by atoms with van der Waals surface area (Å²) >= 11 is 1.50. The van der Waals surface area contributed by atoms with Gasteiger partial charge in [-0.3, -0.25) is 4.98 Å². The molecule has 1 N–H and O–H groups in total. The highest BCUT2D eigenvalue weighted by Crippen LogP contribution is 2.24. The largest absolute Gasteiger partial charge is 0.309 e. The van der Waals surface area contributed by atoms with Gasteiger partial charge in [0, 0.05) is 18.4 Å². The minimum absolute atomic E-state index is 0.286. The third kappa shape index (κ3) is 3.11. The summed E-state index contributed by atoms with van der Waals surface area (Å²) < 4.78 is 4.07. The number of nitrogens with zero attached hydrogens (tertiary/aromatic N) is 3. The number of hydrogen-bond donors (Lipinski definition) is 1. The molecule has 96 valence electrons. The molecular formula is C13H18N4S. The van der Waals surface area contributed by atoms with Crippen LogP contribution in [-0.4, -0.2) is 21.1 Å². The molecule has 0 saturated carbocycles. The Kier molecular flexibility index (Phi) is 4.78. The first kappa shape index (κ1) is 13.1. The van der Waals surface area contributed by atoms with Gasteiger partial charge in [-0.15, -0.1) is 5.10 Å². The standard InChI is InChI=1S/C13H18N4S/c1-3-11-13(18-17-16-11)12(15-4-2)8-10-6-5-7-14-9-10/h5-7,9,12,15H,3-4,8H2,1-2H3. The van der Waals surface area contributed by atoms with E-state index in [2.05, 4.69) is 39.8 Å². The van der Waals surface area contributed by atoms with Crippen LogP contribution in [0.2, 0.25) is 0 Å².